The van der Waals surface area contributed by atoms with Crippen LogP contribution in [0, 0.1) is 17.8 Å². The van der Waals surface area contributed by atoms with Gasteiger partial charge in [0, 0.05) is 12.3 Å². The number of carbonyl (C=O) groups excluding carboxylic acids is 4. The lowest BCUT2D eigenvalue weighted by Gasteiger charge is -2.21. The number of ether oxygens (including phenoxy) is 1. The summed E-state index contributed by atoms with van der Waals surface area (Å²) in [4.78, 5) is 48.5. The molecule has 1 saturated heterocycles. The van der Waals surface area contributed by atoms with E-state index in [1.54, 1.807) is 0 Å². The van der Waals surface area contributed by atoms with Gasteiger partial charge in [-0.05, 0) is 18.4 Å². The molecule has 2 rings (SSSR count). The zero-order chi connectivity index (χ0) is 17.1. The second kappa shape index (κ2) is 7.14. The predicted octanol–water partition coefficient (Wildman–Crippen LogP) is -0.0699. The summed E-state index contributed by atoms with van der Waals surface area (Å²) in [6.45, 7) is 1.43. The number of hydrogen-bond acceptors (Lipinski definition) is 7. The van der Waals surface area contributed by atoms with Crippen molar-refractivity contribution in [2.45, 2.75) is 38.7 Å². The first kappa shape index (κ1) is 17.5. The van der Waals surface area contributed by atoms with Crippen molar-refractivity contribution in [3.8, 4) is 0 Å². The highest BCUT2D eigenvalue weighted by Crippen LogP contribution is 2.39. The molecule has 1 aliphatic carbocycles. The fourth-order valence-corrected chi connectivity index (χ4v) is 3.33. The number of esters is 2. The summed E-state index contributed by atoms with van der Waals surface area (Å²) in [6.07, 6.45) is 0.476. The van der Waals surface area contributed by atoms with E-state index >= 15 is 0 Å². The van der Waals surface area contributed by atoms with Gasteiger partial charge in [-0.15, -0.1) is 0 Å². The summed E-state index contributed by atoms with van der Waals surface area (Å²) in [5.41, 5.74) is 0.271. The second-order valence-corrected chi connectivity index (χ2v) is 5.94. The van der Waals surface area contributed by atoms with Crippen LogP contribution in [0.2, 0.25) is 0 Å². The SMILES string of the molecule is CCC[C@@H]1C(=O)C(=O)C[C@H](O)/C(=C\CO)CC2C(=O)OC(=O)C21. The molecular formula is C16H20O7. The third-order valence-corrected chi connectivity index (χ3v) is 4.47. The van der Waals surface area contributed by atoms with Gasteiger partial charge in [0.2, 0.25) is 11.6 Å². The van der Waals surface area contributed by atoms with E-state index in [2.05, 4.69) is 4.74 Å². The smallest absolute Gasteiger partial charge is 0.318 e. The maximum absolute atomic E-state index is 12.4. The van der Waals surface area contributed by atoms with Gasteiger partial charge in [-0.3, -0.25) is 19.2 Å². The fraction of sp³-hybridized carbons (Fsp3) is 0.625. The zero-order valence-corrected chi connectivity index (χ0v) is 12.9. The highest BCUT2D eigenvalue weighted by atomic mass is 16.6. The summed E-state index contributed by atoms with van der Waals surface area (Å²) >= 11 is 0. The Labute approximate surface area is 133 Å². The Bertz CT molecular complexity index is 563. The van der Waals surface area contributed by atoms with Crippen molar-refractivity contribution in [2.75, 3.05) is 6.61 Å². The molecule has 2 fully saturated rings. The van der Waals surface area contributed by atoms with Gasteiger partial charge >= 0.3 is 11.9 Å². The molecule has 0 aromatic carbocycles. The van der Waals surface area contributed by atoms with Crippen LogP contribution in [0.25, 0.3) is 0 Å². The predicted molar refractivity (Wildman–Crippen MR) is 76.9 cm³/mol. The van der Waals surface area contributed by atoms with Crippen LogP contribution in [-0.2, 0) is 23.9 Å². The molecule has 126 valence electrons. The van der Waals surface area contributed by atoms with Crippen LogP contribution in [-0.4, -0.2) is 46.4 Å². The molecule has 0 aromatic rings. The topological polar surface area (TPSA) is 118 Å². The summed E-state index contributed by atoms with van der Waals surface area (Å²) in [5.74, 6) is -5.88. The van der Waals surface area contributed by atoms with Gasteiger partial charge < -0.3 is 14.9 Å². The van der Waals surface area contributed by atoms with E-state index in [4.69, 9.17) is 5.11 Å². The lowest BCUT2D eigenvalue weighted by Crippen LogP contribution is -2.35. The molecule has 2 unspecified atom stereocenters. The van der Waals surface area contributed by atoms with Crippen LogP contribution in [0.5, 0.6) is 0 Å². The normalized spacial score (nSPS) is 34.0. The number of hydrogen-bond donors (Lipinski definition) is 2. The van der Waals surface area contributed by atoms with Gasteiger partial charge in [-0.1, -0.05) is 19.4 Å². The molecule has 0 amide bonds. The molecule has 0 radical (unpaired) electrons. The standard InChI is InChI=1S/C16H20O7/c1-2-3-9-13-10(15(21)23-16(13)22)6-8(4-5-17)11(18)7-12(19)14(9)20/h4,9-11,13,17-18H,2-3,5-7H2,1H3/b8-4-/t9-,10?,11-,13?/m0/s1. The lowest BCUT2D eigenvalue weighted by atomic mass is 9.76. The lowest BCUT2D eigenvalue weighted by molar-refractivity contribution is -0.155. The van der Waals surface area contributed by atoms with Crippen LogP contribution in [0.15, 0.2) is 11.6 Å². The molecule has 7 heteroatoms. The molecule has 0 bridgehead atoms. The number of Topliss-reactive ketones (excluding diaryl/α,β-unsaturated/α-hetero) is 2. The largest absolute Gasteiger partial charge is 0.393 e. The van der Waals surface area contributed by atoms with Crippen LogP contribution < -0.4 is 0 Å². The third-order valence-electron chi connectivity index (χ3n) is 4.47. The average molecular weight is 324 g/mol. The number of rotatable bonds is 3. The Morgan fingerprint density at radius 3 is 2.48 bits per heavy atom. The Balaban J connectivity index is 2.48. The quantitative estimate of drug-likeness (QED) is 0.323. The van der Waals surface area contributed by atoms with E-state index in [1.807, 2.05) is 6.92 Å². The molecule has 1 saturated carbocycles. The van der Waals surface area contributed by atoms with Gasteiger partial charge in [0.1, 0.15) is 0 Å². The van der Waals surface area contributed by atoms with Crippen LogP contribution in [0.4, 0.5) is 0 Å². The zero-order valence-electron chi connectivity index (χ0n) is 12.9. The van der Waals surface area contributed by atoms with E-state index in [0.717, 1.165) is 0 Å². The molecule has 4 atom stereocenters. The van der Waals surface area contributed by atoms with E-state index in [-0.39, 0.29) is 18.6 Å². The maximum Gasteiger partial charge on any atom is 0.318 e. The number of aliphatic hydroxyl groups excluding tert-OH is 2. The van der Waals surface area contributed by atoms with Crippen LogP contribution in [0.3, 0.4) is 0 Å². The summed E-state index contributed by atoms with van der Waals surface area (Å²) < 4.78 is 4.67. The molecule has 2 N–H and O–H groups in total. The molecule has 0 aromatic heterocycles. The molecule has 0 spiro atoms. The molecule has 2 aliphatic rings. The first-order chi connectivity index (χ1) is 10.9. The van der Waals surface area contributed by atoms with Gasteiger partial charge in [-0.25, -0.2) is 0 Å². The van der Waals surface area contributed by atoms with E-state index in [9.17, 15) is 24.3 Å². The minimum absolute atomic E-state index is 0.0161. The molecule has 23 heavy (non-hydrogen) atoms. The van der Waals surface area contributed by atoms with Crippen LogP contribution in [0.1, 0.15) is 32.6 Å². The van der Waals surface area contributed by atoms with E-state index in [1.165, 1.54) is 6.08 Å². The van der Waals surface area contributed by atoms with Gasteiger partial charge in [0.05, 0.1) is 24.5 Å². The molecule has 1 heterocycles. The Hall–Kier alpha value is -1.86. The fourth-order valence-electron chi connectivity index (χ4n) is 3.33. The van der Waals surface area contributed by atoms with Crippen molar-refractivity contribution in [3.05, 3.63) is 11.6 Å². The first-order valence-corrected chi connectivity index (χ1v) is 7.71. The summed E-state index contributed by atoms with van der Waals surface area (Å²) in [5, 5.41) is 19.2. The Morgan fingerprint density at radius 2 is 1.87 bits per heavy atom. The number of cyclic esters (lactones) is 2. The molecule has 1 aliphatic heterocycles. The van der Waals surface area contributed by atoms with Crippen molar-refractivity contribution >= 4 is 23.5 Å². The minimum atomic E-state index is -1.26. The Morgan fingerprint density at radius 1 is 1.17 bits per heavy atom. The van der Waals surface area contributed by atoms with E-state index in [0.29, 0.717) is 12.8 Å². The van der Waals surface area contributed by atoms with Crippen LogP contribution >= 0.6 is 0 Å². The van der Waals surface area contributed by atoms with Gasteiger partial charge in [0.25, 0.3) is 0 Å². The maximum atomic E-state index is 12.4. The first-order valence-electron chi connectivity index (χ1n) is 7.71. The highest BCUT2D eigenvalue weighted by molar-refractivity contribution is 6.38. The van der Waals surface area contributed by atoms with Crippen molar-refractivity contribution < 1.29 is 34.1 Å². The monoisotopic (exact) mass is 324 g/mol. The van der Waals surface area contributed by atoms with Gasteiger partial charge in [-0.2, -0.15) is 0 Å². The minimum Gasteiger partial charge on any atom is -0.393 e. The van der Waals surface area contributed by atoms with Crippen molar-refractivity contribution in [3.63, 3.8) is 0 Å². The van der Waals surface area contributed by atoms with E-state index < -0.39 is 53.8 Å². The third kappa shape index (κ3) is 3.40. The molecular weight excluding hydrogens is 304 g/mol. The number of aliphatic hydroxyl groups is 2. The van der Waals surface area contributed by atoms with Crippen molar-refractivity contribution in [1.82, 2.24) is 0 Å². The Kier molecular flexibility index (Phi) is 5.43. The van der Waals surface area contributed by atoms with Crippen molar-refractivity contribution in [2.24, 2.45) is 17.8 Å². The number of ketones is 2. The van der Waals surface area contributed by atoms with Crippen molar-refractivity contribution in [1.29, 1.82) is 0 Å². The van der Waals surface area contributed by atoms with Gasteiger partial charge in [0.15, 0.2) is 0 Å². The second-order valence-electron chi connectivity index (χ2n) is 5.94. The number of carbonyl (C=O) groups is 4. The highest BCUT2D eigenvalue weighted by Gasteiger charge is 2.52. The summed E-state index contributed by atoms with van der Waals surface area (Å²) in [6, 6.07) is 0. The number of fused-ring (bicyclic) bond motifs is 1. The molecule has 7 nitrogen and oxygen atoms in total. The summed E-state index contributed by atoms with van der Waals surface area (Å²) in [7, 11) is 0. The average Bonchev–Trinajstić information content (AvgIpc) is 2.78.